The molecule has 30 heavy (non-hydrogen) atoms. The molecule has 3 aromatic heterocycles. The van der Waals surface area contributed by atoms with Crippen molar-refractivity contribution >= 4 is 5.91 Å². The van der Waals surface area contributed by atoms with E-state index in [1.165, 1.54) is 16.9 Å². The van der Waals surface area contributed by atoms with Crippen LogP contribution in [-0.2, 0) is 0 Å². The van der Waals surface area contributed by atoms with Crippen LogP contribution in [0.25, 0.3) is 22.9 Å². The average Bonchev–Trinajstić information content (AvgIpc) is 3.34. The van der Waals surface area contributed by atoms with Gasteiger partial charge in [0.1, 0.15) is 35.0 Å². The number of hydrogen-bond acceptors (Lipinski definition) is 5. The van der Waals surface area contributed by atoms with Crippen molar-refractivity contribution in [3.8, 4) is 22.9 Å². The van der Waals surface area contributed by atoms with Crippen molar-refractivity contribution in [2.45, 2.75) is 26.8 Å². The van der Waals surface area contributed by atoms with Crippen LogP contribution in [0.2, 0.25) is 0 Å². The van der Waals surface area contributed by atoms with E-state index in [2.05, 4.69) is 25.6 Å². The molecule has 1 amide bonds. The van der Waals surface area contributed by atoms with E-state index in [4.69, 9.17) is 0 Å². The van der Waals surface area contributed by atoms with Crippen LogP contribution in [0.3, 0.4) is 0 Å². The van der Waals surface area contributed by atoms with Gasteiger partial charge in [-0.1, -0.05) is 17.3 Å². The number of aryl methyl sites for hydroxylation is 1. The first kappa shape index (κ1) is 19.4. The molecule has 0 aliphatic heterocycles. The third-order valence-electron chi connectivity index (χ3n) is 4.44. The van der Waals surface area contributed by atoms with Crippen LogP contribution in [0.5, 0.6) is 0 Å². The Labute approximate surface area is 172 Å². The zero-order chi connectivity index (χ0) is 21.3. The number of nitrogens with zero attached hydrogens (tertiary/aromatic N) is 6. The lowest BCUT2D eigenvalue weighted by molar-refractivity contribution is 0.0943. The normalized spacial score (nSPS) is 11.1. The predicted molar refractivity (Wildman–Crippen MR) is 109 cm³/mol. The molecule has 1 aromatic carbocycles. The second-order valence-corrected chi connectivity index (χ2v) is 7.09. The highest BCUT2D eigenvalue weighted by molar-refractivity contribution is 5.94. The number of amides is 1. The topological polar surface area (TPSA) is 90.5 Å². The highest BCUT2D eigenvalue weighted by Crippen LogP contribution is 2.25. The van der Waals surface area contributed by atoms with Gasteiger partial charge in [0, 0.05) is 18.4 Å². The molecule has 0 unspecified atom stereocenters. The lowest BCUT2D eigenvalue weighted by Gasteiger charge is -2.08. The van der Waals surface area contributed by atoms with Crippen molar-refractivity contribution in [2.75, 3.05) is 0 Å². The fourth-order valence-corrected chi connectivity index (χ4v) is 3.03. The van der Waals surface area contributed by atoms with Crippen LogP contribution in [0.1, 0.15) is 29.9 Å². The number of halogens is 1. The Bertz CT molecular complexity index is 1190. The molecule has 0 radical (unpaired) electrons. The zero-order valence-corrected chi connectivity index (χ0v) is 16.7. The average molecular weight is 405 g/mol. The summed E-state index contributed by atoms with van der Waals surface area (Å²) in [5, 5.41) is 11.0. The lowest BCUT2D eigenvalue weighted by atomic mass is 10.2. The molecule has 152 valence electrons. The minimum atomic E-state index is -0.403. The Hall–Kier alpha value is -3.88. The number of aromatic nitrogens is 6. The molecule has 0 spiro atoms. The van der Waals surface area contributed by atoms with E-state index in [-0.39, 0.29) is 11.9 Å². The Balaban J connectivity index is 1.65. The van der Waals surface area contributed by atoms with Gasteiger partial charge >= 0.3 is 0 Å². The summed E-state index contributed by atoms with van der Waals surface area (Å²) in [4.78, 5) is 20.9. The minimum absolute atomic E-state index is 0.0459. The molecule has 3 heterocycles. The van der Waals surface area contributed by atoms with Crippen molar-refractivity contribution in [2.24, 2.45) is 0 Å². The highest BCUT2D eigenvalue weighted by atomic mass is 19.1. The standard InChI is InChI=1S/C21H20FN7O/c1-13(2)25-21(30)15-8-9-19(23-10-15)28-11-17(24-12-28)20-14(3)26-27-29(20)18-7-5-4-6-16(18)22/h4-13H,1-3H3,(H,25,30). The molecule has 8 nitrogen and oxygen atoms in total. The van der Waals surface area contributed by atoms with Crippen LogP contribution in [0.15, 0.2) is 55.1 Å². The van der Waals surface area contributed by atoms with Gasteiger partial charge in [0.2, 0.25) is 0 Å². The summed E-state index contributed by atoms with van der Waals surface area (Å²) in [6.07, 6.45) is 4.88. The molecule has 9 heteroatoms. The van der Waals surface area contributed by atoms with Crippen molar-refractivity contribution in [1.82, 2.24) is 34.8 Å². The van der Waals surface area contributed by atoms with Gasteiger partial charge in [-0.15, -0.1) is 5.10 Å². The first-order valence-electron chi connectivity index (χ1n) is 9.43. The van der Waals surface area contributed by atoms with Gasteiger partial charge < -0.3 is 5.32 Å². The van der Waals surface area contributed by atoms with Crippen LogP contribution in [-0.4, -0.2) is 41.5 Å². The van der Waals surface area contributed by atoms with Crippen LogP contribution >= 0.6 is 0 Å². The summed E-state index contributed by atoms with van der Waals surface area (Å²) in [6.45, 7) is 5.59. The molecule has 0 fully saturated rings. The van der Waals surface area contributed by atoms with Gasteiger partial charge in [-0.05, 0) is 45.0 Å². The fourth-order valence-electron chi connectivity index (χ4n) is 3.03. The van der Waals surface area contributed by atoms with Crippen molar-refractivity contribution in [1.29, 1.82) is 0 Å². The van der Waals surface area contributed by atoms with Crippen molar-refractivity contribution < 1.29 is 9.18 Å². The smallest absolute Gasteiger partial charge is 0.253 e. The summed E-state index contributed by atoms with van der Waals surface area (Å²) in [7, 11) is 0. The first-order chi connectivity index (χ1) is 14.4. The number of imidazole rings is 1. The molecule has 0 saturated carbocycles. The van der Waals surface area contributed by atoms with E-state index < -0.39 is 5.82 Å². The van der Waals surface area contributed by atoms with E-state index >= 15 is 0 Å². The zero-order valence-electron chi connectivity index (χ0n) is 16.7. The van der Waals surface area contributed by atoms with Gasteiger partial charge in [-0.2, -0.15) is 0 Å². The molecular weight excluding hydrogens is 385 g/mol. The molecule has 4 rings (SSSR count). The Kier molecular flexibility index (Phi) is 5.09. The third kappa shape index (κ3) is 3.69. The van der Waals surface area contributed by atoms with Gasteiger partial charge in [0.25, 0.3) is 5.91 Å². The summed E-state index contributed by atoms with van der Waals surface area (Å²) < 4.78 is 17.4. The number of carbonyl (C=O) groups is 1. The first-order valence-corrected chi connectivity index (χ1v) is 9.43. The SMILES string of the molecule is Cc1nnn(-c2ccccc2F)c1-c1cn(-c2ccc(C(=O)NC(C)C)cn2)cn1. The van der Waals surface area contributed by atoms with Crippen molar-refractivity contribution in [3.05, 3.63) is 72.2 Å². The molecule has 1 N–H and O–H groups in total. The molecule has 0 bridgehead atoms. The maximum Gasteiger partial charge on any atom is 0.253 e. The number of para-hydroxylation sites is 1. The Morgan fingerprint density at radius 2 is 1.93 bits per heavy atom. The summed E-state index contributed by atoms with van der Waals surface area (Å²) >= 11 is 0. The second kappa shape index (κ2) is 7.86. The van der Waals surface area contributed by atoms with Gasteiger partial charge in [0.05, 0.1) is 11.3 Å². The van der Waals surface area contributed by atoms with Crippen LogP contribution < -0.4 is 5.32 Å². The molecule has 0 saturated heterocycles. The van der Waals surface area contributed by atoms with Gasteiger partial charge in [-0.3, -0.25) is 9.36 Å². The lowest BCUT2D eigenvalue weighted by Crippen LogP contribution is -2.30. The molecular formula is C21H20FN7O. The quantitative estimate of drug-likeness (QED) is 0.551. The maximum absolute atomic E-state index is 14.3. The van der Waals surface area contributed by atoms with Crippen LogP contribution in [0.4, 0.5) is 4.39 Å². The monoisotopic (exact) mass is 405 g/mol. The molecule has 0 atom stereocenters. The van der Waals surface area contributed by atoms with Crippen molar-refractivity contribution in [3.63, 3.8) is 0 Å². The number of nitrogens with one attached hydrogen (secondary N) is 1. The second-order valence-electron chi connectivity index (χ2n) is 7.09. The number of hydrogen-bond donors (Lipinski definition) is 1. The fraction of sp³-hybridized carbons (Fsp3) is 0.190. The van der Waals surface area contributed by atoms with Crippen LogP contribution in [0, 0.1) is 12.7 Å². The number of rotatable bonds is 5. The maximum atomic E-state index is 14.3. The van der Waals surface area contributed by atoms with E-state index in [9.17, 15) is 9.18 Å². The summed E-state index contributed by atoms with van der Waals surface area (Å²) in [5.74, 6) is 0.0169. The molecule has 0 aliphatic carbocycles. The number of pyridine rings is 1. The number of benzene rings is 1. The molecule has 4 aromatic rings. The Morgan fingerprint density at radius 3 is 2.63 bits per heavy atom. The number of carbonyl (C=O) groups excluding carboxylic acids is 1. The van der Waals surface area contributed by atoms with E-state index in [0.29, 0.717) is 34.2 Å². The molecule has 0 aliphatic rings. The highest BCUT2D eigenvalue weighted by Gasteiger charge is 2.18. The summed E-state index contributed by atoms with van der Waals surface area (Å²) in [6, 6.07) is 9.84. The Morgan fingerprint density at radius 1 is 1.13 bits per heavy atom. The van der Waals surface area contributed by atoms with E-state index in [1.54, 1.807) is 54.3 Å². The largest absolute Gasteiger partial charge is 0.350 e. The minimum Gasteiger partial charge on any atom is -0.350 e. The third-order valence-corrected chi connectivity index (χ3v) is 4.44. The van der Waals surface area contributed by atoms with Gasteiger partial charge in [0.15, 0.2) is 0 Å². The van der Waals surface area contributed by atoms with E-state index in [0.717, 1.165) is 0 Å². The predicted octanol–water partition coefficient (Wildman–Crippen LogP) is 3.10. The van der Waals surface area contributed by atoms with Gasteiger partial charge in [-0.25, -0.2) is 19.0 Å². The van der Waals surface area contributed by atoms with E-state index in [1.807, 2.05) is 13.8 Å². The summed E-state index contributed by atoms with van der Waals surface area (Å²) in [5.41, 5.74) is 2.56.